The van der Waals surface area contributed by atoms with Crippen LogP contribution in [0.25, 0.3) is 0 Å². The van der Waals surface area contributed by atoms with Gasteiger partial charge in [-0.05, 0) is 40.8 Å². The van der Waals surface area contributed by atoms with Crippen LogP contribution < -0.4 is 10.5 Å². The topological polar surface area (TPSA) is 52.3 Å². The summed E-state index contributed by atoms with van der Waals surface area (Å²) >= 11 is 1.79. The zero-order valence-electron chi connectivity index (χ0n) is 7.14. The fourth-order valence-corrected chi connectivity index (χ4v) is 1.49. The van der Waals surface area contributed by atoms with Gasteiger partial charge in [-0.1, -0.05) is 0 Å². The van der Waals surface area contributed by atoms with Crippen LogP contribution in [0.1, 0.15) is 10.4 Å². The third kappa shape index (κ3) is 3.57. The lowest BCUT2D eigenvalue weighted by Crippen LogP contribution is -2.18. The number of alkyl halides is 3. The molecule has 0 aromatic heterocycles. The summed E-state index contributed by atoms with van der Waals surface area (Å²) in [7, 11) is 0. The molecule has 0 unspecified atom stereocenters. The first-order valence-electron chi connectivity index (χ1n) is 3.65. The van der Waals surface area contributed by atoms with Crippen LogP contribution in [-0.2, 0) is 0 Å². The Labute approximate surface area is 96.5 Å². The zero-order chi connectivity index (χ0) is 11.6. The van der Waals surface area contributed by atoms with Crippen molar-refractivity contribution in [1.29, 1.82) is 0 Å². The Hall–Kier alpha value is -0.990. The van der Waals surface area contributed by atoms with Gasteiger partial charge in [-0.2, -0.15) is 0 Å². The van der Waals surface area contributed by atoms with Gasteiger partial charge in [0.2, 0.25) is 5.91 Å². The van der Waals surface area contributed by atoms with Gasteiger partial charge in [-0.3, -0.25) is 4.79 Å². The monoisotopic (exact) mass is 331 g/mol. The maximum absolute atomic E-state index is 11.8. The molecule has 1 aromatic rings. The molecule has 0 radical (unpaired) electrons. The number of ether oxygens (including phenoxy) is 1. The first kappa shape index (κ1) is 12.1. The van der Waals surface area contributed by atoms with Gasteiger partial charge in [0.15, 0.2) is 0 Å². The molecule has 82 valence electrons. The molecule has 15 heavy (non-hydrogen) atoms. The Morgan fingerprint density at radius 3 is 2.47 bits per heavy atom. The van der Waals surface area contributed by atoms with Crippen LogP contribution >= 0.6 is 22.6 Å². The Kier molecular flexibility index (Phi) is 3.42. The van der Waals surface area contributed by atoms with Crippen LogP contribution in [0.2, 0.25) is 0 Å². The molecule has 0 aliphatic rings. The molecule has 2 N–H and O–H groups in total. The van der Waals surface area contributed by atoms with Crippen molar-refractivity contribution in [3.8, 4) is 5.75 Å². The molecule has 0 fully saturated rings. The van der Waals surface area contributed by atoms with E-state index in [0.717, 1.165) is 12.1 Å². The molecule has 1 amide bonds. The second-order valence-corrected chi connectivity index (χ2v) is 3.72. The van der Waals surface area contributed by atoms with E-state index in [0.29, 0.717) is 3.57 Å². The smallest absolute Gasteiger partial charge is 0.406 e. The summed E-state index contributed by atoms with van der Waals surface area (Å²) in [6, 6.07) is 3.39. The predicted octanol–water partition coefficient (Wildman–Crippen LogP) is 2.29. The molecule has 0 atom stereocenters. The number of carbonyl (C=O) groups is 1. The van der Waals surface area contributed by atoms with Crippen molar-refractivity contribution in [2.45, 2.75) is 6.36 Å². The Morgan fingerprint density at radius 1 is 1.40 bits per heavy atom. The fraction of sp³-hybridized carbons (Fsp3) is 0.125. The molecule has 3 nitrogen and oxygen atoms in total. The van der Waals surface area contributed by atoms with Crippen molar-refractivity contribution in [3.63, 3.8) is 0 Å². The van der Waals surface area contributed by atoms with E-state index in [-0.39, 0.29) is 5.56 Å². The molecular weight excluding hydrogens is 326 g/mol. The third-order valence-corrected chi connectivity index (χ3v) is 2.38. The molecule has 0 heterocycles. The van der Waals surface area contributed by atoms with Gasteiger partial charge in [0.25, 0.3) is 0 Å². The van der Waals surface area contributed by atoms with Crippen molar-refractivity contribution in [2.75, 3.05) is 0 Å². The molecule has 1 aromatic carbocycles. The summed E-state index contributed by atoms with van der Waals surface area (Å²) in [6.07, 6.45) is -4.78. The quantitative estimate of drug-likeness (QED) is 0.846. The van der Waals surface area contributed by atoms with Crippen LogP contribution in [0.3, 0.4) is 0 Å². The second kappa shape index (κ2) is 4.25. The molecule has 0 spiro atoms. The standard InChI is InChI=1S/C8H5F3INO2/c9-8(10,11)15-4-1-2-6(12)5(3-4)7(13)14/h1-3H,(H2,13,14). The second-order valence-electron chi connectivity index (χ2n) is 2.55. The van der Waals surface area contributed by atoms with E-state index in [1.54, 1.807) is 22.6 Å². The first-order chi connectivity index (χ1) is 6.79. The number of halogens is 4. The van der Waals surface area contributed by atoms with E-state index in [1.807, 2.05) is 0 Å². The lowest BCUT2D eigenvalue weighted by Gasteiger charge is -2.09. The normalized spacial score (nSPS) is 11.2. The molecule has 0 saturated carbocycles. The average Bonchev–Trinajstić information content (AvgIpc) is 2.05. The molecule has 0 aliphatic carbocycles. The van der Waals surface area contributed by atoms with E-state index in [9.17, 15) is 18.0 Å². The number of rotatable bonds is 2. The number of benzene rings is 1. The molecular formula is C8H5F3INO2. The average molecular weight is 331 g/mol. The molecule has 0 saturated heterocycles. The largest absolute Gasteiger partial charge is 0.573 e. The lowest BCUT2D eigenvalue weighted by molar-refractivity contribution is -0.274. The van der Waals surface area contributed by atoms with Gasteiger partial charge in [0.1, 0.15) is 5.75 Å². The van der Waals surface area contributed by atoms with Gasteiger partial charge in [-0.25, -0.2) is 0 Å². The van der Waals surface area contributed by atoms with Crippen LogP contribution in [0.4, 0.5) is 13.2 Å². The summed E-state index contributed by atoms with van der Waals surface area (Å²) < 4.78 is 39.6. The highest BCUT2D eigenvalue weighted by molar-refractivity contribution is 14.1. The summed E-state index contributed by atoms with van der Waals surface area (Å²) in [5.41, 5.74) is 4.96. The third-order valence-electron chi connectivity index (χ3n) is 1.44. The predicted molar refractivity (Wildman–Crippen MR) is 54.4 cm³/mol. The van der Waals surface area contributed by atoms with Gasteiger partial charge in [-0.15, -0.1) is 13.2 Å². The highest BCUT2D eigenvalue weighted by Crippen LogP contribution is 2.25. The van der Waals surface area contributed by atoms with Crippen LogP contribution in [0.15, 0.2) is 18.2 Å². The first-order valence-corrected chi connectivity index (χ1v) is 4.72. The van der Waals surface area contributed by atoms with E-state index in [1.165, 1.54) is 6.07 Å². The number of amides is 1. The SMILES string of the molecule is NC(=O)c1cc(OC(F)(F)F)ccc1I. The lowest BCUT2D eigenvalue weighted by atomic mass is 10.2. The maximum Gasteiger partial charge on any atom is 0.573 e. The number of hydrogen-bond donors (Lipinski definition) is 1. The van der Waals surface area contributed by atoms with Crippen molar-refractivity contribution in [3.05, 3.63) is 27.3 Å². The molecule has 7 heteroatoms. The molecule has 0 aliphatic heterocycles. The van der Waals surface area contributed by atoms with Crippen LogP contribution in [-0.4, -0.2) is 12.3 Å². The summed E-state index contributed by atoms with van der Waals surface area (Å²) in [4.78, 5) is 10.8. The van der Waals surface area contributed by atoms with E-state index in [4.69, 9.17) is 5.73 Å². The number of carbonyl (C=O) groups excluding carboxylic acids is 1. The molecule has 1 rings (SSSR count). The van der Waals surface area contributed by atoms with Crippen molar-refractivity contribution in [2.24, 2.45) is 5.73 Å². The van der Waals surface area contributed by atoms with Crippen molar-refractivity contribution in [1.82, 2.24) is 0 Å². The minimum atomic E-state index is -4.78. The number of primary amides is 1. The van der Waals surface area contributed by atoms with Gasteiger partial charge < -0.3 is 10.5 Å². The highest BCUT2D eigenvalue weighted by atomic mass is 127. The number of nitrogens with two attached hydrogens (primary N) is 1. The van der Waals surface area contributed by atoms with Gasteiger partial charge in [0.05, 0.1) is 5.56 Å². The van der Waals surface area contributed by atoms with Gasteiger partial charge in [0, 0.05) is 3.57 Å². The summed E-state index contributed by atoms with van der Waals surface area (Å²) in [5.74, 6) is -1.26. The Balaban J connectivity index is 3.03. The van der Waals surface area contributed by atoms with E-state index < -0.39 is 18.0 Å². The highest BCUT2D eigenvalue weighted by Gasteiger charge is 2.31. The summed E-state index contributed by atoms with van der Waals surface area (Å²) in [5, 5.41) is 0. The van der Waals surface area contributed by atoms with E-state index >= 15 is 0 Å². The van der Waals surface area contributed by atoms with Crippen molar-refractivity contribution < 1.29 is 22.7 Å². The van der Waals surface area contributed by atoms with Crippen molar-refractivity contribution >= 4 is 28.5 Å². The van der Waals surface area contributed by atoms with Gasteiger partial charge >= 0.3 is 6.36 Å². The maximum atomic E-state index is 11.8. The number of hydrogen-bond acceptors (Lipinski definition) is 2. The van der Waals surface area contributed by atoms with Crippen LogP contribution in [0.5, 0.6) is 5.75 Å². The van der Waals surface area contributed by atoms with Crippen LogP contribution in [0, 0.1) is 3.57 Å². The molecule has 0 bridgehead atoms. The minimum absolute atomic E-state index is 0.00245. The Bertz CT molecular complexity index is 392. The minimum Gasteiger partial charge on any atom is -0.406 e. The van der Waals surface area contributed by atoms with E-state index in [2.05, 4.69) is 4.74 Å². The summed E-state index contributed by atoms with van der Waals surface area (Å²) in [6.45, 7) is 0. The Morgan fingerprint density at radius 2 is 2.00 bits per heavy atom. The fourth-order valence-electron chi connectivity index (χ4n) is 0.890. The zero-order valence-corrected chi connectivity index (χ0v) is 9.30.